The van der Waals surface area contributed by atoms with Gasteiger partial charge in [0.1, 0.15) is 11.4 Å². The molecule has 2 aliphatic heterocycles. The number of nitrogens with zero attached hydrogens (tertiary/aromatic N) is 6. The quantitative estimate of drug-likeness (QED) is 0.195. The third kappa shape index (κ3) is 5.77. The predicted octanol–water partition coefficient (Wildman–Crippen LogP) is 9.26. The van der Waals surface area contributed by atoms with E-state index in [2.05, 4.69) is 90.5 Å². The number of fused-ring (bicyclic) bond motifs is 5. The van der Waals surface area contributed by atoms with Gasteiger partial charge in [0.25, 0.3) is 0 Å². The Kier molecular flexibility index (Phi) is 8.68. The van der Waals surface area contributed by atoms with Crippen LogP contribution < -0.4 is 25.1 Å². The van der Waals surface area contributed by atoms with Gasteiger partial charge < -0.3 is 14.2 Å². The fourth-order valence-electron chi connectivity index (χ4n) is 6.15. The number of aromatic nitrogens is 4. The van der Waals surface area contributed by atoms with Crippen molar-refractivity contribution in [3.63, 3.8) is 0 Å². The number of benzene rings is 2. The maximum atomic E-state index is 7.08. The zero-order valence-electron chi connectivity index (χ0n) is 30.1. The molecule has 0 radical (unpaired) electrons. The lowest BCUT2D eigenvalue weighted by atomic mass is 9.82. The molecule has 2 N–H and O–H groups in total. The van der Waals surface area contributed by atoms with Crippen molar-refractivity contribution in [3.05, 3.63) is 64.6 Å². The van der Waals surface area contributed by atoms with E-state index >= 15 is 0 Å². The molecule has 0 saturated heterocycles. The summed E-state index contributed by atoms with van der Waals surface area (Å²) >= 11 is 0. The van der Waals surface area contributed by atoms with Gasteiger partial charge in [0, 0.05) is 14.1 Å². The lowest BCUT2D eigenvalue weighted by Gasteiger charge is -2.36. The van der Waals surface area contributed by atoms with Crippen molar-refractivity contribution in [3.8, 4) is 17.4 Å². The van der Waals surface area contributed by atoms with Crippen LogP contribution >= 0.6 is 0 Å². The molecule has 0 fully saturated rings. The third-order valence-electron chi connectivity index (χ3n) is 9.99. The summed E-state index contributed by atoms with van der Waals surface area (Å²) < 4.78 is 24.7. The van der Waals surface area contributed by atoms with Crippen molar-refractivity contribution in [2.75, 3.05) is 10.9 Å². The number of rotatable bonds is 8. The van der Waals surface area contributed by atoms with E-state index in [-0.39, 0.29) is 10.8 Å². The molecular formula is C37H50N8O3. The van der Waals surface area contributed by atoms with Crippen LogP contribution in [0.25, 0.3) is 0 Å². The number of ether oxygens (including phenoxy) is 3. The number of hydrogen-bond donors (Lipinski definition) is 2. The fourth-order valence-corrected chi connectivity index (χ4v) is 6.15. The molecule has 0 aliphatic carbocycles. The second-order valence-corrected chi connectivity index (χ2v) is 14.2. The zero-order chi connectivity index (χ0) is 34.4. The van der Waals surface area contributed by atoms with Crippen LogP contribution in [-0.2, 0) is 43.7 Å². The number of hydrogen-bond acceptors (Lipinski definition) is 9. The normalized spacial score (nSPS) is 17.0. The molecule has 0 bridgehead atoms. The van der Waals surface area contributed by atoms with Gasteiger partial charge in [0.2, 0.25) is 5.88 Å². The summed E-state index contributed by atoms with van der Waals surface area (Å²) in [6, 6.07) is 12.3. The van der Waals surface area contributed by atoms with Crippen molar-refractivity contribution in [2.45, 2.75) is 111 Å². The molecular weight excluding hydrogens is 604 g/mol. The molecule has 1 spiro atoms. The van der Waals surface area contributed by atoms with Crippen LogP contribution in [0.2, 0.25) is 0 Å². The Morgan fingerprint density at radius 2 is 1.31 bits per heavy atom. The molecule has 2 aromatic heterocycles. The van der Waals surface area contributed by atoms with E-state index in [0.29, 0.717) is 40.9 Å². The van der Waals surface area contributed by atoms with E-state index in [1.165, 1.54) is 5.56 Å². The van der Waals surface area contributed by atoms with Crippen LogP contribution in [0.5, 0.6) is 17.4 Å². The molecule has 4 aromatic rings. The van der Waals surface area contributed by atoms with E-state index < -0.39 is 5.97 Å². The van der Waals surface area contributed by atoms with Gasteiger partial charge in [-0.25, -0.2) is 4.68 Å². The summed E-state index contributed by atoms with van der Waals surface area (Å²) in [5.74, 6) is -0.479. The Hall–Kier alpha value is -4.54. The SMILES string of the molecule is CCCc1nn(C)c2c1N=Nc1cc(C(C)(C)CC)ccc1OC1(Oc3ccc(C(C)(C)CC)cc3NNc3c(CCC)nn(C)c31)O2. The fraction of sp³-hybridized carbons (Fsp3) is 0.514. The van der Waals surface area contributed by atoms with Gasteiger partial charge in [0.15, 0.2) is 22.9 Å². The molecule has 2 aliphatic rings. The van der Waals surface area contributed by atoms with E-state index in [4.69, 9.17) is 34.6 Å². The van der Waals surface area contributed by atoms with Crippen molar-refractivity contribution in [1.82, 2.24) is 19.6 Å². The minimum atomic E-state index is -1.87. The predicted molar refractivity (Wildman–Crippen MR) is 189 cm³/mol. The summed E-state index contributed by atoms with van der Waals surface area (Å²) in [7, 11) is 3.73. The van der Waals surface area contributed by atoms with Gasteiger partial charge in [-0.15, -0.1) is 10.2 Å². The topological polar surface area (TPSA) is 112 Å². The number of hydrazine groups is 1. The highest BCUT2D eigenvalue weighted by Gasteiger charge is 2.51. The van der Waals surface area contributed by atoms with Crippen molar-refractivity contribution in [1.29, 1.82) is 0 Å². The van der Waals surface area contributed by atoms with E-state index in [9.17, 15) is 0 Å². The van der Waals surface area contributed by atoms with Gasteiger partial charge in [-0.2, -0.15) is 10.2 Å². The molecule has 4 heterocycles. The highest BCUT2D eigenvalue weighted by Crippen LogP contribution is 2.49. The first-order valence-corrected chi connectivity index (χ1v) is 17.3. The number of nitrogens with one attached hydrogen (secondary N) is 2. The summed E-state index contributed by atoms with van der Waals surface area (Å²) in [6.07, 6.45) is 5.16. The second-order valence-electron chi connectivity index (χ2n) is 14.2. The van der Waals surface area contributed by atoms with Gasteiger partial charge in [0.05, 0.1) is 17.1 Å². The minimum Gasteiger partial charge on any atom is -0.413 e. The van der Waals surface area contributed by atoms with Gasteiger partial charge in [-0.1, -0.05) is 80.4 Å². The molecule has 0 saturated carbocycles. The molecule has 48 heavy (non-hydrogen) atoms. The monoisotopic (exact) mass is 654 g/mol. The molecule has 11 heteroatoms. The molecule has 6 rings (SSSR count). The summed E-state index contributed by atoms with van der Waals surface area (Å²) in [4.78, 5) is 0. The molecule has 0 amide bonds. The van der Waals surface area contributed by atoms with Crippen LogP contribution in [0.15, 0.2) is 46.6 Å². The Balaban J connectivity index is 1.65. The number of anilines is 2. The van der Waals surface area contributed by atoms with Gasteiger partial charge >= 0.3 is 5.97 Å². The molecule has 2 aromatic carbocycles. The van der Waals surface area contributed by atoms with Crippen LogP contribution in [0.4, 0.5) is 22.7 Å². The molecule has 11 nitrogen and oxygen atoms in total. The smallest absolute Gasteiger partial charge is 0.413 e. The van der Waals surface area contributed by atoms with Crippen LogP contribution in [0, 0.1) is 0 Å². The molecule has 1 atom stereocenters. The lowest BCUT2D eigenvalue weighted by Crippen LogP contribution is -2.48. The Morgan fingerprint density at radius 3 is 1.98 bits per heavy atom. The summed E-state index contributed by atoms with van der Waals surface area (Å²) in [5, 5.41) is 19.4. The Bertz CT molecular complexity index is 1850. The Labute approximate surface area is 284 Å². The highest BCUT2D eigenvalue weighted by molar-refractivity contribution is 5.67. The minimum absolute atomic E-state index is 0.0417. The first-order valence-electron chi connectivity index (χ1n) is 17.3. The maximum absolute atomic E-state index is 7.08. The van der Waals surface area contributed by atoms with E-state index in [1.807, 2.05) is 26.2 Å². The lowest BCUT2D eigenvalue weighted by molar-refractivity contribution is -0.269. The molecule has 1 unspecified atom stereocenters. The third-order valence-corrected chi connectivity index (χ3v) is 9.99. The van der Waals surface area contributed by atoms with Crippen LogP contribution in [0.1, 0.15) is 109 Å². The van der Waals surface area contributed by atoms with Gasteiger partial charge in [-0.3, -0.25) is 15.5 Å². The first kappa shape index (κ1) is 33.4. The summed E-state index contributed by atoms with van der Waals surface area (Å²) in [5.41, 5.74) is 13.9. The maximum Gasteiger partial charge on any atom is 0.468 e. The average molecular weight is 655 g/mol. The highest BCUT2D eigenvalue weighted by atomic mass is 16.9. The zero-order valence-corrected chi connectivity index (χ0v) is 30.1. The summed E-state index contributed by atoms with van der Waals surface area (Å²) in [6.45, 7) is 17.6. The largest absolute Gasteiger partial charge is 0.468 e. The molecule has 256 valence electrons. The van der Waals surface area contributed by atoms with Crippen molar-refractivity contribution < 1.29 is 14.2 Å². The second kappa shape index (κ2) is 12.5. The van der Waals surface area contributed by atoms with Gasteiger partial charge in [-0.05, 0) is 71.9 Å². The van der Waals surface area contributed by atoms with Crippen LogP contribution in [0.3, 0.4) is 0 Å². The van der Waals surface area contributed by atoms with E-state index in [1.54, 1.807) is 9.36 Å². The van der Waals surface area contributed by atoms with E-state index in [0.717, 1.165) is 60.4 Å². The Morgan fingerprint density at radius 1 is 0.708 bits per heavy atom. The van der Waals surface area contributed by atoms with Crippen LogP contribution in [-0.4, -0.2) is 19.6 Å². The standard InChI is InChI=1S/C37H50N8O3/c1-11-15-25-31-33(44(9)42-25)37(46-29-19-17-23(35(5,6)13-3)21-27(29)38-40-31)47-30-20-18-24(36(7,8)14-4)22-28(30)39-41-32-26(16-12-2)43-45(10)34(32)48-37/h17-22,38,40H,11-16H2,1-10H3. The number of azo groups is 1. The first-order chi connectivity index (χ1) is 22.9. The number of aryl methyl sites for hydroxylation is 4. The van der Waals surface area contributed by atoms with Crippen molar-refractivity contribution in [2.24, 2.45) is 24.3 Å². The average Bonchev–Trinajstić information content (AvgIpc) is 3.54. The van der Waals surface area contributed by atoms with Crippen molar-refractivity contribution >= 4 is 22.7 Å².